The Morgan fingerprint density at radius 3 is 2.58 bits per heavy atom. The van der Waals surface area contributed by atoms with Gasteiger partial charge in [-0.3, -0.25) is 4.79 Å². The van der Waals surface area contributed by atoms with Crippen LogP contribution in [0.15, 0.2) is 42.6 Å². The van der Waals surface area contributed by atoms with Crippen LogP contribution in [0.4, 0.5) is 5.82 Å². The number of hydrogen-bond donors (Lipinski definition) is 1. The van der Waals surface area contributed by atoms with Gasteiger partial charge in [0.05, 0.1) is 24.5 Å². The summed E-state index contributed by atoms with van der Waals surface area (Å²) >= 11 is 0. The molecule has 0 aliphatic carbocycles. The molecular formula is C19H24N6O. The highest BCUT2D eigenvalue weighted by molar-refractivity contribution is 6.03. The second kappa shape index (κ2) is 7.51. The lowest BCUT2D eigenvalue weighted by molar-refractivity contribution is 0.102. The number of rotatable bonds is 6. The minimum absolute atomic E-state index is 0.176. The van der Waals surface area contributed by atoms with Crippen molar-refractivity contribution < 1.29 is 4.79 Å². The van der Waals surface area contributed by atoms with Crippen LogP contribution in [0.1, 0.15) is 48.6 Å². The summed E-state index contributed by atoms with van der Waals surface area (Å²) in [7, 11) is 0. The fourth-order valence-corrected chi connectivity index (χ4v) is 2.67. The molecule has 7 nitrogen and oxygen atoms in total. The van der Waals surface area contributed by atoms with E-state index in [0.29, 0.717) is 24.0 Å². The van der Waals surface area contributed by atoms with E-state index in [1.54, 1.807) is 16.9 Å². The lowest BCUT2D eigenvalue weighted by Crippen LogP contribution is -2.20. The highest BCUT2D eigenvalue weighted by Crippen LogP contribution is 2.21. The first-order valence-electron chi connectivity index (χ1n) is 8.76. The lowest BCUT2D eigenvalue weighted by atomic mass is 10.1. The number of anilines is 1. The summed E-state index contributed by atoms with van der Waals surface area (Å²) in [6.07, 6.45) is 1.69. The van der Waals surface area contributed by atoms with Crippen LogP contribution in [-0.2, 0) is 6.54 Å². The Labute approximate surface area is 153 Å². The molecule has 1 N–H and O–H groups in total. The summed E-state index contributed by atoms with van der Waals surface area (Å²) in [5, 5.41) is 15.4. The maximum Gasteiger partial charge on any atom is 0.279 e. The summed E-state index contributed by atoms with van der Waals surface area (Å²) in [5.74, 6) is 0.784. The maximum absolute atomic E-state index is 12.7. The predicted octanol–water partition coefficient (Wildman–Crippen LogP) is 3.30. The van der Waals surface area contributed by atoms with Crippen molar-refractivity contribution in [2.24, 2.45) is 5.92 Å². The lowest BCUT2D eigenvalue weighted by Gasteiger charge is -2.19. The Bertz CT molecular complexity index is 881. The summed E-state index contributed by atoms with van der Waals surface area (Å²) < 4.78 is 3.56. The number of carbonyl (C=O) groups excluding carboxylic acids is 1. The molecule has 1 amide bonds. The van der Waals surface area contributed by atoms with Crippen LogP contribution in [0.3, 0.4) is 0 Å². The molecule has 1 aromatic carbocycles. The zero-order valence-corrected chi connectivity index (χ0v) is 15.5. The average molecular weight is 352 g/mol. The number of nitrogens with one attached hydrogen (secondary N) is 1. The van der Waals surface area contributed by atoms with Crippen LogP contribution in [0.25, 0.3) is 0 Å². The third-order valence-electron chi connectivity index (χ3n) is 4.64. The van der Waals surface area contributed by atoms with Crippen LogP contribution in [0.2, 0.25) is 0 Å². The summed E-state index contributed by atoms with van der Waals surface area (Å²) in [5.41, 5.74) is 2.16. The highest BCUT2D eigenvalue weighted by Gasteiger charge is 2.20. The molecule has 3 aromatic rings. The van der Waals surface area contributed by atoms with Gasteiger partial charge in [0.15, 0.2) is 5.69 Å². The Kier molecular flexibility index (Phi) is 5.16. The van der Waals surface area contributed by atoms with Crippen molar-refractivity contribution in [2.75, 3.05) is 5.32 Å². The minimum atomic E-state index is -0.278. The summed E-state index contributed by atoms with van der Waals surface area (Å²) in [4.78, 5) is 12.7. The van der Waals surface area contributed by atoms with E-state index < -0.39 is 0 Å². The highest BCUT2D eigenvalue weighted by atomic mass is 16.2. The molecule has 0 fully saturated rings. The third-order valence-corrected chi connectivity index (χ3v) is 4.64. The molecule has 26 heavy (non-hydrogen) atoms. The zero-order chi connectivity index (χ0) is 18.7. The van der Waals surface area contributed by atoms with Gasteiger partial charge in [0.25, 0.3) is 5.91 Å². The van der Waals surface area contributed by atoms with Crippen molar-refractivity contribution in [1.29, 1.82) is 0 Å². The Hall–Kier alpha value is -2.96. The summed E-state index contributed by atoms with van der Waals surface area (Å²) in [6, 6.07) is 11.9. The fraction of sp³-hybridized carbons (Fsp3) is 0.368. The Morgan fingerprint density at radius 2 is 1.88 bits per heavy atom. The second-order valence-corrected chi connectivity index (χ2v) is 6.77. The van der Waals surface area contributed by atoms with Crippen LogP contribution in [0.5, 0.6) is 0 Å². The minimum Gasteiger partial charge on any atom is -0.305 e. The molecule has 0 saturated heterocycles. The van der Waals surface area contributed by atoms with Crippen molar-refractivity contribution >= 4 is 11.7 Å². The van der Waals surface area contributed by atoms with Crippen LogP contribution >= 0.6 is 0 Å². The van der Waals surface area contributed by atoms with Gasteiger partial charge in [-0.2, -0.15) is 5.10 Å². The summed E-state index contributed by atoms with van der Waals surface area (Å²) in [6.45, 7) is 8.75. The van der Waals surface area contributed by atoms with Gasteiger partial charge in [-0.05, 0) is 25.3 Å². The van der Waals surface area contributed by atoms with Crippen LogP contribution in [-0.4, -0.2) is 30.7 Å². The average Bonchev–Trinajstić information content (AvgIpc) is 3.22. The predicted molar refractivity (Wildman–Crippen MR) is 100 cm³/mol. The zero-order valence-electron chi connectivity index (χ0n) is 15.5. The number of nitrogens with zero attached hydrogens (tertiary/aromatic N) is 5. The second-order valence-electron chi connectivity index (χ2n) is 6.77. The number of aromatic nitrogens is 5. The Morgan fingerprint density at radius 1 is 1.15 bits per heavy atom. The maximum atomic E-state index is 12.7. The quantitative estimate of drug-likeness (QED) is 0.738. The topological polar surface area (TPSA) is 77.6 Å². The molecule has 0 aliphatic rings. The van der Waals surface area contributed by atoms with E-state index in [0.717, 1.165) is 11.3 Å². The van der Waals surface area contributed by atoms with E-state index in [1.807, 2.05) is 41.9 Å². The van der Waals surface area contributed by atoms with Crippen LogP contribution < -0.4 is 5.32 Å². The number of amides is 1. The van der Waals surface area contributed by atoms with E-state index in [1.165, 1.54) is 0 Å². The van der Waals surface area contributed by atoms with Crippen LogP contribution in [0, 0.1) is 12.8 Å². The third kappa shape index (κ3) is 3.66. The van der Waals surface area contributed by atoms with Crippen molar-refractivity contribution in [3.8, 4) is 0 Å². The molecule has 0 radical (unpaired) electrons. The molecule has 3 rings (SSSR count). The molecule has 7 heteroatoms. The van der Waals surface area contributed by atoms with Gasteiger partial charge in [0.1, 0.15) is 5.82 Å². The molecule has 0 aliphatic heterocycles. The molecule has 2 aromatic heterocycles. The first kappa shape index (κ1) is 17.8. The van der Waals surface area contributed by atoms with Gasteiger partial charge in [-0.1, -0.05) is 49.4 Å². The molecule has 0 bridgehead atoms. The van der Waals surface area contributed by atoms with Gasteiger partial charge < -0.3 is 5.32 Å². The fourth-order valence-electron chi connectivity index (χ4n) is 2.67. The van der Waals surface area contributed by atoms with Crippen molar-refractivity contribution in [3.05, 3.63) is 59.5 Å². The first-order chi connectivity index (χ1) is 12.5. The van der Waals surface area contributed by atoms with Crippen molar-refractivity contribution in [2.45, 2.75) is 40.3 Å². The van der Waals surface area contributed by atoms with E-state index in [2.05, 4.69) is 41.5 Å². The number of carbonyl (C=O) groups is 1. The SMILES string of the molecule is Cc1c(C(=O)Nc2ccnn2C(C)C(C)C)nnn1Cc1ccccc1. The largest absolute Gasteiger partial charge is 0.305 e. The van der Waals surface area contributed by atoms with Crippen molar-refractivity contribution in [1.82, 2.24) is 24.8 Å². The number of hydrogen-bond acceptors (Lipinski definition) is 4. The monoisotopic (exact) mass is 352 g/mol. The smallest absolute Gasteiger partial charge is 0.279 e. The van der Waals surface area contributed by atoms with E-state index >= 15 is 0 Å². The van der Waals surface area contributed by atoms with E-state index in [-0.39, 0.29) is 11.9 Å². The normalized spacial score (nSPS) is 12.3. The van der Waals surface area contributed by atoms with E-state index in [4.69, 9.17) is 0 Å². The molecule has 1 unspecified atom stereocenters. The molecule has 2 heterocycles. The molecule has 0 spiro atoms. The van der Waals surface area contributed by atoms with Gasteiger partial charge in [-0.25, -0.2) is 9.36 Å². The molecule has 0 saturated carbocycles. The molecule has 136 valence electrons. The van der Waals surface area contributed by atoms with E-state index in [9.17, 15) is 4.79 Å². The Balaban J connectivity index is 1.77. The van der Waals surface area contributed by atoms with Gasteiger partial charge in [0, 0.05) is 6.07 Å². The molecular weight excluding hydrogens is 328 g/mol. The van der Waals surface area contributed by atoms with Gasteiger partial charge in [0.2, 0.25) is 0 Å². The molecule has 1 atom stereocenters. The van der Waals surface area contributed by atoms with Gasteiger partial charge in [-0.15, -0.1) is 5.10 Å². The standard InChI is InChI=1S/C19H24N6O/c1-13(2)14(3)25-17(10-11-20-25)21-19(26)18-15(4)24(23-22-18)12-16-8-6-5-7-9-16/h5-11,13-14H,12H2,1-4H3,(H,21,26). The number of benzene rings is 1. The first-order valence-corrected chi connectivity index (χ1v) is 8.76. The van der Waals surface area contributed by atoms with Gasteiger partial charge >= 0.3 is 0 Å². The van der Waals surface area contributed by atoms with Crippen molar-refractivity contribution in [3.63, 3.8) is 0 Å².